The number of nitriles is 1. The van der Waals surface area contributed by atoms with Gasteiger partial charge in [-0.2, -0.15) is 5.26 Å². The third-order valence-electron chi connectivity index (χ3n) is 5.66. The summed E-state index contributed by atoms with van der Waals surface area (Å²) in [7, 11) is 2.12. The van der Waals surface area contributed by atoms with Crippen LogP contribution in [-0.2, 0) is 6.42 Å². The molecule has 0 radical (unpaired) electrons. The molecule has 0 atom stereocenters. The molecule has 132 valence electrons. The minimum absolute atomic E-state index is 0.505. The van der Waals surface area contributed by atoms with Crippen molar-refractivity contribution in [3.63, 3.8) is 0 Å². The van der Waals surface area contributed by atoms with Crippen LogP contribution in [0.4, 0.5) is 5.82 Å². The maximum atomic E-state index is 8.71. The first-order valence-electron chi connectivity index (χ1n) is 9.28. The van der Waals surface area contributed by atoms with Crippen molar-refractivity contribution in [2.75, 3.05) is 32.0 Å². The maximum absolute atomic E-state index is 8.71. The van der Waals surface area contributed by atoms with Crippen molar-refractivity contribution < 1.29 is 0 Å². The molecule has 1 fully saturated rings. The molecule has 7 heteroatoms. The van der Waals surface area contributed by atoms with Crippen LogP contribution in [0.5, 0.6) is 0 Å². The Hall–Kier alpha value is -2.20. The van der Waals surface area contributed by atoms with Crippen molar-refractivity contribution in [2.45, 2.75) is 44.4 Å². The number of aromatic nitrogens is 4. The lowest BCUT2D eigenvalue weighted by molar-refractivity contribution is 0.225. The third kappa shape index (κ3) is 3.19. The zero-order valence-corrected chi connectivity index (χ0v) is 14.8. The van der Waals surface area contributed by atoms with Gasteiger partial charge in [-0.3, -0.25) is 0 Å². The predicted octanol–water partition coefficient (Wildman–Crippen LogP) is 2.21. The molecule has 2 aliphatic rings. The topological polar surface area (TPSA) is 82.1 Å². The van der Waals surface area contributed by atoms with Crippen LogP contribution < -0.4 is 5.32 Å². The smallest absolute Gasteiger partial charge is 0.133 e. The second kappa shape index (κ2) is 6.96. The average Bonchev–Trinajstić information content (AvgIpc) is 3.26. The average molecular weight is 339 g/mol. The van der Waals surface area contributed by atoms with Gasteiger partial charge in [0, 0.05) is 37.5 Å². The van der Waals surface area contributed by atoms with E-state index in [1.54, 1.807) is 6.33 Å². The monoisotopic (exact) mass is 339 g/mol. The zero-order chi connectivity index (χ0) is 17.2. The minimum atomic E-state index is 0.505. The highest BCUT2D eigenvalue weighted by atomic mass is 15.4. The molecule has 0 bridgehead atoms. The van der Waals surface area contributed by atoms with E-state index in [9.17, 15) is 0 Å². The maximum Gasteiger partial charge on any atom is 0.133 e. The van der Waals surface area contributed by atoms with Gasteiger partial charge in [0.15, 0.2) is 0 Å². The second-order valence-corrected chi connectivity index (χ2v) is 7.40. The Morgan fingerprint density at radius 2 is 2.20 bits per heavy atom. The van der Waals surface area contributed by atoms with Crippen LogP contribution in [-0.4, -0.2) is 51.4 Å². The molecule has 4 rings (SSSR count). The van der Waals surface area contributed by atoms with Crippen LogP contribution in [0.25, 0.3) is 5.52 Å². The Balaban J connectivity index is 1.44. The van der Waals surface area contributed by atoms with Gasteiger partial charge in [0.2, 0.25) is 0 Å². The molecule has 2 aromatic heterocycles. The van der Waals surface area contributed by atoms with Crippen molar-refractivity contribution in [1.82, 2.24) is 24.7 Å². The zero-order valence-electron chi connectivity index (χ0n) is 14.8. The highest BCUT2D eigenvalue weighted by Gasteiger charge is 2.29. The van der Waals surface area contributed by atoms with Crippen LogP contribution in [0, 0.1) is 17.2 Å². The lowest BCUT2D eigenvalue weighted by Gasteiger charge is -2.30. The first kappa shape index (κ1) is 16.3. The van der Waals surface area contributed by atoms with E-state index < -0.39 is 0 Å². The molecule has 0 saturated heterocycles. The lowest BCUT2D eigenvalue weighted by atomic mass is 9.80. The number of anilines is 1. The van der Waals surface area contributed by atoms with Crippen molar-refractivity contribution >= 4 is 11.3 Å². The van der Waals surface area contributed by atoms with Gasteiger partial charge in [-0.25, -0.2) is 9.50 Å². The number of fused-ring (bicyclic) bond motifs is 3. The summed E-state index contributed by atoms with van der Waals surface area (Å²) in [6.07, 6.45) is 8.21. The number of rotatable bonds is 5. The summed E-state index contributed by atoms with van der Waals surface area (Å²) >= 11 is 0. The fraction of sp³-hybridized carbons (Fsp3) is 0.667. The molecule has 0 amide bonds. The van der Waals surface area contributed by atoms with Crippen molar-refractivity contribution in [2.24, 2.45) is 5.92 Å². The van der Waals surface area contributed by atoms with Crippen LogP contribution in [0.1, 0.15) is 49.3 Å². The fourth-order valence-corrected chi connectivity index (χ4v) is 4.34. The summed E-state index contributed by atoms with van der Waals surface area (Å²) in [5.41, 5.74) is 3.63. The standard InChI is InChI=1S/C18H25N7/c1-24(10-2-8-19)11-13-3-5-14(6-4-13)16-17-15-7-9-20-18(15)21-12-25(17)23-22-16/h12-14,20H,2-7,9-11H2,1H3. The van der Waals surface area contributed by atoms with Gasteiger partial charge < -0.3 is 10.2 Å². The summed E-state index contributed by atoms with van der Waals surface area (Å²) in [6, 6.07) is 2.23. The largest absolute Gasteiger partial charge is 0.369 e. The van der Waals surface area contributed by atoms with Gasteiger partial charge in [0.1, 0.15) is 12.1 Å². The fourth-order valence-electron chi connectivity index (χ4n) is 4.34. The van der Waals surface area contributed by atoms with Gasteiger partial charge >= 0.3 is 0 Å². The van der Waals surface area contributed by atoms with E-state index in [1.165, 1.54) is 42.5 Å². The molecule has 1 saturated carbocycles. The third-order valence-corrected chi connectivity index (χ3v) is 5.66. The minimum Gasteiger partial charge on any atom is -0.369 e. The normalized spacial score (nSPS) is 22.8. The van der Waals surface area contributed by atoms with Crippen LogP contribution in [0.15, 0.2) is 6.33 Å². The van der Waals surface area contributed by atoms with E-state index in [4.69, 9.17) is 5.26 Å². The Morgan fingerprint density at radius 1 is 1.36 bits per heavy atom. The van der Waals surface area contributed by atoms with Crippen molar-refractivity contribution in [3.05, 3.63) is 17.6 Å². The van der Waals surface area contributed by atoms with Crippen LogP contribution in [0.3, 0.4) is 0 Å². The Labute approximate surface area is 148 Å². The number of hydrogen-bond acceptors (Lipinski definition) is 6. The first-order valence-corrected chi connectivity index (χ1v) is 9.28. The van der Waals surface area contributed by atoms with Gasteiger partial charge in [-0.1, -0.05) is 5.21 Å². The van der Waals surface area contributed by atoms with Crippen molar-refractivity contribution in [1.29, 1.82) is 5.26 Å². The molecular formula is C18H25N7. The number of nitrogens with zero attached hydrogens (tertiary/aromatic N) is 6. The molecule has 0 unspecified atom stereocenters. The van der Waals surface area contributed by atoms with Crippen LogP contribution >= 0.6 is 0 Å². The molecule has 1 N–H and O–H groups in total. The lowest BCUT2D eigenvalue weighted by Crippen LogP contribution is -2.29. The molecule has 2 aromatic rings. The van der Waals surface area contributed by atoms with E-state index >= 15 is 0 Å². The summed E-state index contributed by atoms with van der Waals surface area (Å²) in [6.45, 7) is 2.92. The summed E-state index contributed by atoms with van der Waals surface area (Å²) in [5, 5.41) is 20.9. The molecule has 25 heavy (non-hydrogen) atoms. The quantitative estimate of drug-likeness (QED) is 0.899. The number of hydrogen-bond donors (Lipinski definition) is 1. The van der Waals surface area contributed by atoms with Gasteiger partial charge in [0.05, 0.1) is 17.3 Å². The highest BCUT2D eigenvalue weighted by molar-refractivity contribution is 5.69. The Kier molecular flexibility index (Phi) is 4.53. The molecule has 0 aromatic carbocycles. The molecule has 3 heterocycles. The van der Waals surface area contributed by atoms with Crippen LogP contribution in [0.2, 0.25) is 0 Å². The molecular weight excluding hydrogens is 314 g/mol. The van der Waals surface area contributed by atoms with E-state index in [-0.39, 0.29) is 0 Å². The molecule has 1 aliphatic heterocycles. The first-order chi connectivity index (χ1) is 12.3. The predicted molar refractivity (Wildman–Crippen MR) is 95.4 cm³/mol. The summed E-state index contributed by atoms with van der Waals surface area (Å²) < 4.78 is 1.85. The van der Waals surface area contributed by atoms with Gasteiger partial charge in [0.25, 0.3) is 0 Å². The highest BCUT2D eigenvalue weighted by Crippen LogP contribution is 2.38. The van der Waals surface area contributed by atoms with Gasteiger partial charge in [-0.15, -0.1) is 5.10 Å². The second-order valence-electron chi connectivity index (χ2n) is 7.40. The van der Waals surface area contributed by atoms with E-state index in [2.05, 4.69) is 38.6 Å². The van der Waals surface area contributed by atoms with E-state index in [1.807, 2.05) is 4.52 Å². The van der Waals surface area contributed by atoms with E-state index in [0.29, 0.717) is 12.3 Å². The molecule has 0 spiro atoms. The Morgan fingerprint density at radius 3 is 3.00 bits per heavy atom. The SMILES string of the molecule is CN(CCC#N)CC1CCC(c2nnn3cnc4c(c23)CCN4)CC1. The number of nitrogens with one attached hydrogen (secondary N) is 1. The summed E-state index contributed by atoms with van der Waals surface area (Å²) in [4.78, 5) is 6.73. The molecule has 1 aliphatic carbocycles. The molecule has 7 nitrogen and oxygen atoms in total. The van der Waals surface area contributed by atoms with Gasteiger partial charge in [-0.05, 0) is 45.1 Å². The van der Waals surface area contributed by atoms with E-state index in [0.717, 1.165) is 37.8 Å². The van der Waals surface area contributed by atoms with Crippen molar-refractivity contribution in [3.8, 4) is 6.07 Å². The Bertz CT molecular complexity index is 783. The summed E-state index contributed by atoms with van der Waals surface area (Å²) in [5.74, 6) is 2.24.